The van der Waals surface area contributed by atoms with Gasteiger partial charge in [0.25, 0.3) is 0 Å². The van der Waals surface area contributed by atoms with Gasteiger partial charge in [-0.05, 0) is 30.1 Å². The highest BCUT2D eigenvalue weighted by molar-refractivity contribution is 6.71. The predicted molar refractivity (Wildman–Crippen MR) is 95.7 cm³/mol. The van der Waals surface area contributed by atoms with Crippen LogP contribution in [0.3, 0.4) is 0 Å². The first-order valence-corrected chi connectivity index (χ1v) is 8.60. The van der Waals surface area contributed by atoms with E-state index in [1.165, 1.54) is 5.56 Å². The lowest BCUT2D eigenvalue weighted by Crippen LogP contribution is -2.36. The zero-order valence-electron chi connectivity index (χ0n) is 10.5. The van der Waals surface area contributed by atoms with Crippen LogP contribution in [0.25, 0.3) is 0 Å². The predicted octanol–water partition coefficient (Wildman–Crippen LogP) is 6.36. The van der Waals surface area contributed by atoms with E-state index in [-0.39, 0.29) is 35.1 Å². The number of hydrogen-bond acceptors (Lipinski definition) is 1. The van der Waals surface area contributed by atoms with E-state index in [4.69, 9.17) is 4.43 Å². The first kappa shape index (κ1) is 26.9. The third-order valence-corrected chi connectivity index (χ3v) is 5.82. The SMILES string of the molecule is C.C.C.C.CO[Si](C)(C)CC(C)(C)c1ccccc1. The lowest BCUT2D eigenvalue weighted by Gasteiger charge is -2.32. The zero-order chi connectivity index (χ0) is 11.5. The molecular weight excluding hydrogens is 248 g/mol. The monoisotopic (exact) mass is 286 g/mol. The van der Waals surface area contributed by atoms with Crippen LogP contribution in [0, 0.1) is 0 Å². The molecule has 1 nitrogen and oxygen atoms in total. The Bertz CT molecular complexity index is 304. The van der Waals surface area contributed by atoms with E-state index in [0.29, 0.717) is 0 Å². The van der Waals surface area contributed by atoms with Gasteiger partial charge in [-0.15, -0.1) is 0 Å². The maximum absolute atomic E-state index is 5.63. The van der Waals surface area contributed by atoms with E-state index in [9.17, 15) is 0 Å². The quantitative estimate of drug-likeness (QED) is 0.585. The lowest BCUT2D eigenvalue weighted by atomic mass is 9.87. The van der Waals surface area contributed by atoms with Crippen molar-refractivity contribution < 1.29 is 4.43 Å². The second-order valence-electron chi connectivity index (χ2n) is 5.39. The third-order valence-electron chi connectivity index (χ3n) is 2.98. The fraction of sp³-hybridized carbons (Fsp3) is 0.647. The number of hydrogen-bond donors (Lipinski definition) is 0. The van der Waals surface area contributed by atoms with Crippen molar-refractivity contribution in [1.82, 2.24) is 0 Å². The highest BCUT2D eigenvalue weighted by Gasteiger charge is 2.32. The molecule has 0 saturated carbocycles. The molecule has 0 spiro atoms. The Morgan fingerprint density at radius 1 is 0.947 bits per heavy atom. The van der Waals surface area contributed by atoms with Crippen molar-refractivity contribution in [2.75, 3.05) is 7.11 Å². The molecule has 0 aliphatic heterocycles. The van der Waals surface area contributed by atoms with Gasteiger partial charge in [0.2, 0.25) is 0 Å². The molecule has 0 radical (unpaired) electrons. The van der Waals surface area contributed by atoms with Gasteiger partial charge in [-0.1, -0.05) is 73.9 Å². The Labute approximate surface area is 124 Å². The topological polar surface area (TPSA) is 9.23 Å². The van der Waals surface area contributed by atoms with Crippen molar-refractivity contribution >= 4 is 8.32 Å². The van der Waals surface area contributed by atoms with Gasteiger partial charge in [0.05, 0.1) is 0 Å². The molecule has 1 aromatic rings. The van der Waals surface area contributed by atoms with Crippen LogP contribution >= 0.6 is 0 Å². The van der Waals surface area contributed by atoms with Gasteiger partial charge in [0, 0.05) is 7.11 Å². The van der Waals surface area contributed by atoms with E-state index in [2.05, 4.69) is 57.3 Å². The minimum absolute atomic E-state index is 0. The summed E-state index contributed by atoms with van der Waals surface area (Å²) >= 11 is 0. The Kier molecular flexibility index (Phi) is 14.4. The molecule has 0 atom stereocenters. The van der Waals surface area contributed by atoms with Gasteiger partial charge in [-0.25, -0.2) is 0 Å². The average Bonchev–Trinajstić information content (AvgIpc) is 2.18. The van der Waals surface area contributed by atoms with Gasteiger partial charge in [0.1, 0.15) is 0 Å². The highest BCUT2D eigenvalue weighted by Crippen LogP contribution is 2.32. The van der Waals surface area contributed by atoms with Crippen LogP contribution in [0.5, 0.6) is 0 Å². The lowest BCUT2D eigenvalue weighted by molar-refractivity contribution is 0.388. The molecule has 0 saturated heterocycles. The second kappa shape index (κ2) is 10.2. The summed E-state index contributed by atoms with van der Waals surface area (Å²) in [6, 6.07) is 11.9. The molecule has 1 rings (SSSR count). The van der Waals surface area contributed by atoms with Gasteiger partial charge < -0.3 is 4.43 Å². The Morgan fingerprint density at radius 2 is 1.37 bits per heavy atom. The normalized spacial score (nSPS) is 10.2. The van der Waals surface area contributed by atoms with E-state index < -0.39 is 8.32 Å². The van der Waals surface area contributed by atoms with Gasteiger partial charge in [-0.3, -0.25) is 0 Å². The van der Waals surface area contributed by atoms with Crippen molar-refractivity contribution in [2.24, 2.45) is 0 Å². The van der Waals surface area contributed by atoms with Crippen LogP contribution in [0.2, 0.25) is 19.1 Å². The molecule has 1 aromatic carbocycles. The van der Waals surface area contributed by atoms with Gasteiger partial charge >= 0.3 is 0 Å². The van der Waals surface area contributed by atoms with Crippen LogP contribution in [0.4, 0.5) is 0 Å². The van der Waals surface area contributed by atoms with E-state index in [1.54, 1.807) is 0 Å². The first-order valence-electron chi connectivity index (χ1n) is 5.48. The molecule has 0 N–H and O–H groups in total. The molecule has 0 aliphatic rings. The van der Waals surface area contributed by atoms with Crippen LogP contribution < -0.4 is 0 Å². The molecule has 0 amide bonds. The molecule has 0 bridgehead atoms. The summed E-state index contributed by atoms with van der Waals surface area (Å²) in [6.45, 7) is 9.15. The smallest absolute Gasteiger partial charge is 0.187 e. The van der Waals surface area contributed by atoms with Crippen LogP contribution in [-0.4, -0.2) is 15.4 Å². The van der Waals surface area contributed by atoms with Crippen LogP contribution in [-0.2, 0) is 9.84 Å². The summed E-state index contributed by atoms with van der Waals surface area (Å²) in [4.78, 5) is 0. The van der Waals surface area contributed by atoms with Crippen molar-refractivity contribution in [1.29, 1.82) is 0 Å². The number of benzene rings is 1. The standard InChI is InChI=1S/C13H22OSi.4CH4/c1-13(2,11-15(4,5)14-3)12-9-7-6-8-10-12;;;;/h6-10H,11H2,1-5H3;4*1H4. The van der Waals surface area contributed by atoms with Crippen molar-refractivity contribution in [3.8, 4) is 0 Å². The van der Waals surface area contributed by atoms with Crippen LogP contribution in [0.15, 0.2) is 30.3 Å². The van der Waals surface area contributed by atoms with Crippen molar-refractivity contribution in [3.05, 3.63) is 35.9 Å². The average molecular weight is 287 g/mol. The maximum atomic E-state index is 5.63. The number of rotatable bonds is 4. The molecular formula is C17H38OSi. The fourth-order valence-electron chi connectivity index (χ4n) is 2.13. The van der Waals surface area contributed by atoms with Gasteiger partial charge in [0.15, 0.2) is 8.32 Å². The summed E-state index contributed by atoms with van der Waals surface area (Å²) < 4.78 is 5.63. The van der Waals surface area contributed by atoms with E-state index in [1.807, 2.05) is 7.11 Å². The molecule has 2 heteroatoms. The summed E-state index contributed by atoms with van der Waals surface area (Å²) in [5.41, 5.74) is 1.62. The fourth-order valence-corrected chi connectivity index (χ4v) is 4.60. The third kappa shape index (κ3) is 8.22. The maximum Gasteiger partial charge on any atom is 0.187 e. The molecule has 0 unspecified atom stereocenters. The summed E-state index contributed by atoms with van der Waals surface area (Å²) in [7, 11) is 0.345. The Balaban J connectivity index is -0.000000281. The van der Waals surface area contributed by atoms with Crippen molar-refractivity contribution in [2.45, 2.75) is 68.1 Å². The van der Waals surface area contributed by atoms with Gasteiger partial charge in [-0.2, -0.15) is 0 Å². The zero-order valence-corrected chi connectivity index (χ0v) is 11.5. The summed E-state index contributed by atoms with van der Waals surface area (Å²) in [5, 5.41) is 0. The molecule has 116 valence electrons. The summed E-state index contributed by atoms with van der Waals surface area (Å²) in [5.74, 6) is 0. The molecule has 0 heterocycles. The van der Waals surface area contributed by atoms with E-state index in [0.717, 1.165) is 6.04 Å². The largest absolute Gasteiger partial charge is 0.420 e. The molecule has 0 fully saturated rings. The Morgan fingerprint density at radius 3 is 1.74 bits per heavy atom. The highest BCUT2D eigenvalue weighted by atomic mass is 28.4. The summed E-state index contributed by atoms with van der Waals surface area (Å²) in [6.07, 6.45) is 0. The van der Waals surface area contributed by atoms with Crippen molar-refractivity contribution in [3.63, 3.8) is 0 Å². The first-order chi connectivity index (χ1) is 6.87. The second-order valence-corrected chi connectivity index (χ2v) is 9.67. The minimum Gasteiger partial charge on any atom is -0.420 e. The molecule has 0 aromatic heterocycles. The molecule has 0 aliphatic carbocycles. The van der Waals surface area contributed by atoms with E-state index >= 15 is 0 Å². The molecule has 19 heavy (non-hydrogen) atoms. The minimum atomic E-state index is -1.50. The van der Waals surface area contributed by atoms with Crippen LogP contribution in [0.1, 0.15) is 49.1 Å². The Hall–Kier alpha value is -0.603.